The van der Waals surface area contributed by atoms with Crippen LogP contribution in [0, 0.1) is 0 Å². The molecule has 1 N–H and O–H groups in total. The van der Waals surface area contributed by atoms with Crippen molar-refractivity contribution in [3.8, 4) is 22.1 Å². The van der Waals surface area contributed by atoms with Gasteiger partial charge in [-0.1, -0.05) is 17.7 Å². The minimum absolute atomic E-state index is 0.176. The molecule has 2 aromatic heterocycles. The Hall–Kier alpha value is -2.11. The highest BCUT2D eigenvalue weighted by Gasteiger charge is 2.19. The predicted octanol–water partition coefficient (Wildman–Crippen LogP) is 4.35. The van der Waals surface area contributed by atoms with E-state index < -0.39 is 5.97 Å². The first-order valence-electron chi connectivity index (χ1n) is 6.15. The van der Waals surface area contributed by atoms with Crippen molar-refractivity contribution in [3.05, 3.63) is 52.5 Å². The molecule has 0 bridgehead atoms. The maximum atomic E-state index is 11.0. The zero-order valence-corrected chi connectivity index (χ0v) is 12.3. The van der Waals surface area contributed by atoms with Gasteiger partial charge in [-0.25, -0.2) is 4.98 Å². The van der Waals surface area contributed by atoms with Crippen molar-refractivity contribution in [1.82, 2.24) is 4.98 Å². The summed E-state index contributed by atoms with van der Waals surface area (Å²) in [5.74, 6) is -0.0348. The second kappa shape index (κ2) is 5.71. The summed E-state index contributed by atoms with van der Waals surface area (Å²) in [4.78, 5) is 16.2. The van der Waals surface area contributed by atoms with Crippen LogP contribution in [0.5, 0.6) is 0 Å². The lowest BCUT2D eigenvalue weighted by molar-refractivity contribution is -0.136. The summed E-state index contributed by atoms with van der Waals surface area (Å²) in [6.45, 7) is 0. The number of thiophene rings is 1. The van der Waals surface area contributed by atoms with Crippen molar-refractivity contribution in [2.24, 2.45) is 0 Å². The molecule has 2 heterocycles. The number of nitrogens with zero attached hydrogens (tertiary/aromatic N) is 1. The number of aliphatic carboxylic acids is 1. The number of halogens is 1. The van der Waals surface area contributed by atoms with Crippen LogP contribution in [0.2, 0.25) is 5.02 Å². The van der Waals surface area contributed by atoms with Crippen molar-refractivity contribution in [3.63, 3.8) is 0 Å². The van der Waals surface area contributed by atoms with Crippen LogP contribution < -0.4 is 0 Å². The van der Waals surface area contributed by atoms with Crippen molar-refractivity contribution < 1.29 is 14.3 Å². The summed E-state index contributed by atoms with van der Waals surface area (Å²) in [6.07, 6.45) is -0.176. The summed E-state index contributed by atoms with van der Waals surface area (Å²) < 4.78 is 5.78. The van der Waals surface area contributed by atoms with Crippen molar-refractivity contribution in [1.29, 1.82) is 0 Å². The molecule has 4 nitrogen and oxygen atoms in total. The van der Waals surface area contributed by atoms with E-state index in [2.05, 4.69) is 4.98 Å². The zero-order chi connectivity index (χ0) is 14.8. The Balaban J connectivity index is 2.07. The molecule has 6 heteroatoms. The molecule has 0 aliphatic heterocycles. The fourth-order valence-corrected chi connectivity index (χ4v) is 2.78. The number of rotatable bonds is 4. The third-order valence-corrected chi connectivity index (χ3v) is 3.97. The van der Waals surface area contributed by atoms with Crippen LogP contribution in [0.25, 0.3) is 22.1 Å². The van der Waals surface area contributed by atoms with Crippen LogP contribution in [0.3, 0.4) is 0 Å². The van der Waals surface area contributed by atoms with E-state index in [-0.39, 0.29) is 6.42 Å². The highest BCUT2D eigenvalue weighted by atomic mass is 35.5. The van der Waals surface area contributed by atoms with Gasteiger partial charge >= 0.3 is 5.97 Å². The molecule has 0 radical (unpaired) electrons. The Kier molecular flexibility index (Phi) is 3.77. The third-order valence-electron chi connectivity index (χ3n) is 2.85. The van der Waals surface area contributed by atoms with Crippen molar-refractivity contribution in [2.75, 3.05) is 0 Å². The molecule has 0 saturated carbocycles. The van der Waals surface area contributed by atoms with Crippen molar-refractivity contribution in [2.45, 2.75) is 6.42 Å². The topological polar surface area (TPSA) is 63.3 Å². The molecule has 0 fully saturated rings. The minimum Gasteiger partial charge on any atom is -0.481 e. The predicted molar refractivity (Wildman–Crippen MR) is 81.6 cm³/mol. The number of carboxylic acid groups (broad SMARTS) is 1. The molecule has 1 aromatic carbocycles. The van der Waals surface area contributed by atoms with Gasteiger partial charge in [-0.05, 0) is 35.7 Å². The molecule has 3 rings (SSSR count). The van der Waals surface area contributed by atoms with Gasteiger partial charge in [0, 0.05) is 10.6 Å². The standard InChI is InChI=1S/C15H10ClNO3S/c16-10-5-3-9(4-6-10)15-17-11(8-13(18)19)14(20-15)12-2-1-7-21-12/h1-7H,8H2,(H,18,19). The van der Waals surface area contributed by atoms with Crippen LogP contribution in [-0.4, -0.2) is 16.1 Å². The molecular formula is C15H10ClNO3S. The minimum atomic E-state index is -0.941. The maximum absolute atomic E-state index is 11.0. The average Bonchev–Trinajstić information content (AvgIpc) is 3.08. The van der Waals surface area contributed by atoms with Crippen LogP contribution in [0.15, 0.2) is 46.2 Å². The van der Waals surface area contributed by atoms with E-state index in [9.17, 15) is 4.79 Å². The van der Waals surface area contributed by atoms with Gasteiger partial charge in [0.2, 0.25) is 5.89 Å². The van der Waals surface area contributed by atoms with Gasteiger partial charge in [0.25, 0.3) is 0 Å². The Morgan fingerprint density at radius 3 is 2.67 bits per heavy atom. The number of hydrogen-bond donors (Lipinski definition) is 1. The number of carbonyl (C=O) groups is 1. The van der Waals surface area contributed by atoms with E-state index in [1.807, 2.05) is 17.5 Å². The molecule has 0 saturated heterocycles. The highest BCUT2D eigenvalue weighted by Crippen LogP contribution is 2.33. The summed E-state index contributed by atoms with van der Waals surface area (Å²) >= 11 is 7.34. The van der Waals surface area contributed by atoms with Gasteiger partial charge in [-0.3, -0.25) is 4.79 Å². The molecule has 0 aliphatic carbocycles. The summed E-state index contributed by atoms with van der Waals surface area (Å²) in [5.41, 5.74) is 1.18. The molecule has 0 unspecified atom stereocenters. The molecule has 0 spiro atoms. The Morgan fingerprint density at radius 2 is 2.05 bits per heavy atom. The van der Waals surface area contributed by atoms with E-state index in [0.717, 1.165) is 10.4 Å². The van der Waals surface area contributed by atoms with Crippen LogP contribution in [-0.2, 0) is 11.2 Å². The first-order chi connectivity index (χ1) is 10.1. The normalized spacial score (nSPS) is 10.7. The molecule has 106 valence electrons. The first-order valence-corrected chi connectivity index (χ1v) is 7.40. The second-order valence-corrected chi connectivity index (χ2v) is 5.73. The van der Waals surface area contributed by atoms with Crippen LogP contribution in [0.4, 0.5) is 0 Å². The summed E-state index contributed by atoms with van der Waals surface area (Å²) in [7, 11) is 0. The SMILES string of the molecule is O=C(O)Cc1nc(-c2ccc(Cl)cc2)oc1-c1cccs1. The Labute approximate surface area is 129 Å². The fraction of sp³-hybridized carbons (Fsp3) is 0.0667. The van der Waals surface area contributed by atoms with Gasteiger partial charge in [-0.15, -0.1) is 11.3 Å². The second-order valence-electron chi connectivity index (χ2n) is 4.35. The van der Waals surface area contributed by atoms with Gasteiger partial charge < -0.3 is 9.52 Å². The highest BCUT2D eigenvalue weighted by molar-refractivity contribution is 7.13. The first kappa shape index (κ1) is 13.9. The largest absolute Gasteiger partial charge is 0.481 e. The van der Waals surface area contributed by atoms with Gasteiger partial charge in [0.1, 0.15) is 0 Å². The van der Waals surface area contributed by atoms with E-state index in [0.29, 0.717) is 22.4 Å². The molecule has 21 heavy (non-hydrogen) atoms. The van der Waals surface area contributed by atoms with Gasteiger partial charge in [0.15, 0.2) is 5.76 Å². The average molecular weight is 320 g/mol. The molecular weight excluding hydrogens is 310 g/mol. The summed E-state index contributed by atoms with van der Waals surface area (Å²) in [5, 5.41) is 11.5. The number of oxazole rings is 1. The van der Waals surface area contributed by atoms with Crippen LogP contribution in [0.1, 0.15) is 5.69 Å². The van der Waals surface area contributed by atoms with E-state index in [1.165, 1.54) is 11.3 Å². The number of carboxylic acids is 1. The van der Waals surface area contributed by atoms with Gasteiger partial charge in [-0.2, -0.15) is 0 Å². The number of hydrogen-bond acceptors (Lipinski definition) is 4. The zero-order valence-electron chi connectivity index (χ0n) is 10.7. The monoisotopic (exact) mass is 319 g/mol. The number of benzene rings is 1. The van der Waals surface area contributed by atoms with E-state index in [4.69, 9.17) is 21.1 Å². The lowest BCUT2D eigenvalue weighted by Gasteiger charge is -1.95. The third kappa shape index (κ3) is 2.99. The Morgan fingerprint density at radius 1 is 1.29 bits per heavy atom. The molecule has 0 amide bonds. The lowest BCUT2D eigenvalue weighted by Crippen LogP contribution is -2.01. The summed E-state index contributed by atoms with van der Waals surface area (Å²) in [6, 6.07) is 10.8. The maximum Gasteiger partial charge on any atom is 0.309 e. The molecule has 0 atom stereocenters. The quantitative estimate of drug-likeness (QED) is 0.776. The van der Waals surface area contributed by atoms with Gasteiger partial charge in [0.05, 0.1) is 17.0 Å². The smallest absolute Gasteiger partial charge is 0.309 e. The molecule has 0 aliphatic rings. The Bertz CT molecular complexity index is 763. The molecule has 3 aromatic rings. The van der Waals surface area contributed by atoms with E-state index >= 15 is 0 Å². The van der Waals surface area contributed by atoms with Crippen molar-refractivity contribution >= 4 is 28.9 Å². The lowest BCUT2D eigenvalue weighted by atomic mass is 10.2. The van der Waals surface area contributed by atoms with E-state index in [1.54, 1.807) is 24.3 Å². The number of aromatic nitrogens is 1. The fourth-order valence-electron chi connectivity index (χ4n) is 1.93. The van der Waals surface area contributed by atoms with Crippen LogP contribution >= 0.6 is 22.9 Å².